The smallest absolute Gasteiger partial charge is 0.251 e. The van der Waals surface area contributed by atoms with Crippen molar-refractivity contribution >= 4 is 11.8 Å². The Balaban J connectivity index is 2.32. The Morgan fingerprint density at radius 2 is 2.06 bits per heavy atom. The van der Waals surface area contributed by atoms with E-state index in [1.54, 1.807) is 4.90 Å². The van der Waals surface area contributed by atoms with Crippen LogP contribution in [0.25, 0.3) is 0 Å². The third-order valence-corrected chi connectivity index (χ3v) is 3.07. The molecule has 102 valence electrons. The number of hydrogen-bond donors (Lipinski definition) is 2. The first kappa shape index (κ1) is 14.7. The second-order valence-corrected chi connectivity index (χ2v) is 5.83. The third-order valence-electron chi connectivity index (χ3n) is 3.07. The molecule has 5 nitrogen and oxygen atoms in total. The molecule has 0 aliphatic carbocycles. The monoisotopic (exact) mass is 254 g/mol. The fourth-order valence-electron chi connectivity index (χ4n) is 1.74. The van der Waals surface area contributed by atoms with Gasteiger partial charge in [-0.1, -0.05) is 27.4 Å². The van der Waals surface area contributed by atoms with Crippen molar-refractivity contribution in [2.24, 2.45) is 11.3 Å². The molecular formula is C13H22N2O3. The fourth-order valence-corrected chi connectivity index (χ4v) is 1.74. The predicted octanol–water partition coefficient (Wildman–Crippen LogP) is 0.154. The molecular weight excluding hydrogens is 232 g/mol. The Bertz CT molecular complexity index is 341. The van der Waals surface area contributed by atoms with Crippen LogP contribution in [0.5, 0.6) is 0 Å². The maximum Gasteiger partial charge on any atom is 0.251 e. The van der Waals surface area contributed by atoms with Crippen molar-refractivity contribution < 1.29 is 14.7 Å². The molecule has 0 spiro atoms. The molecule has 0 bridgehead atoms. The van der Waals surface area contributed by atoms with Gasteiger partial charge in [-0.05, 0) is 11.5 Å². The summed E-state index contributed by atoms with van der Waals surface area (Å²) >= 11 is 0. The highest BCUT2D eigenvalue weighted by Gasteiger charge is 2.38. The van der Waals surface area contributed by atoms with Crippen molar-refractivity contribution in [3.05, 3.63) is 12.7 Å². The Kier molecular flexibility index (Phi) is 4.51. The van der Waals surface area contributed by atoms with Crippen molar-refractivity contribution in [2.45, 2.75) is 26.9 Å². The van der Waals surface area contributed by atoms with Crippen LogP contribution >= 0.6 is 0 Å². The minimum Gasteiger partial charge on any atom is -0.383 e. The minimum atomic E-state index is -0.971. The van der Waals surface area contributed by atoms with Crippen molar-refractivity contribution in [1.29, 1.82) is 0 Å². The quantitative estimate of drug-likeness (QED) is 0.702. The van der Waals surface area contributed by atoms with Gasteiger partial charge in [0.2, 0.25) is 5.91 Å². The van der Waals surface area contributed by atoms with Gasteiger partial charge in [0.1, 0.15) is 6.10 Å². The lowest BCUT2D eigenvalue weighted by Crippen LogP contribution is -2.58. The van der Waals surface area contributed by atoms with E-state index in [9.17, 15) is 14.7 Å². The van der Waals surface area contributed by atoms with E-state index in [-0.39, 0.29) is 17.7 Å². The van der Waals surface area contributed by atoms with Crippen LogP contribution in [0.1, 0.15) is 20.8 Å². The summed E-state index contributed by atoms with van der Waals surface area (Å²) < 4.78 is 0. The van der Waals surface area contributed by atoms with E-state index in [4.69, 9.17) is 0 Å². The van der Waals surface area contributed by atoms with E-state index in [0.29, 0.717) is 19.6 Å². The number of nitrogens with one attached hydrogen (secondary N) is 1. The van der Waals surface area contributed by atoms with E-state index in [1.807, 2.05) is 20.8 Å². The summed E-state index contributed by atoms with van der Waals surface area (Å²) in [4.78, 5) is 24.5. The highest BCUT2D eigenvalue weighted by atomic mass is 16.3. The number of aliphatic hydroxyl groups excluding tert-OH is 1. The molecule has 1 aliphatic rings. The average Bonchev–Trinajstić information content (AvgIpc) is 2.23. The highest BCUT2D eigenvalue weighted by molar-refractivity contribution is 5.86. The van der Waals surface area contributed by atoms with E-state index in [0.717, 1.165) is 0 Å². The number of carbonyl (C=O) groups excluding carboxylic acids is 2. The molecule has 18 heavy (non-hydrogen) atoms. The first-order valence-corrected chi connectivity index (χ1v) is 6.13. The van der Waals surface area contributed by atoms with E-state index >= 15 is 0 Å². The molecule has 1 atom stereocenters. The molecule has 0 aromatic rings. The van der Waals surface area contributed by atoms with Crippen LogP contribution < -0.4 is 5.32 Å². The van der Waals surface area contributed by atoms with Gasteiger partial charge in [-0.25, -0.2) is 0 Å². The maximum atomic E-state index is 11.9. The molecule has 0 aromatic carbocycles. The van der Waals surface area contributed by atoms with E-state index < -0.39 is 11.5 Å². The number of carbonyl (C=O) groups is 2. The number of nitrogens with zero attached hydrogens (tertiary/aromatic N) is 1. The second kappa shape index (κ2) is 5.52. The van der Waals surface area contributed by atoms with Crippen molar-refractivity contribution in [3.8, 4) is 0 Å². The Morgan fingerprint density at radius 1 is 1.50 bits per heavy atom. The molecule has 1 rings (SSSR count). The molecule has 1 heterocycles. The largest absolute Gasteiger partial charge is 0.383 e. The summed E-state index contributed by atoms with van der Waals surface area (Å²) in [6.07, 6.45) is 0.256. The van der Waals surface area contributed by atoms with Crippen LogP contribution in [0.3, 0.4) is 0 Å². The molecule has 0 unspecified atom stereocenters. The van der Waals surface area contributed by atoms with Crippen LogP contribution in [-0.2, 0) is 9.59 Å². The Morgan fingerprint density at radius 3 is 2.50 bits per heavy atom. The molecule has 0 aromatic heterocycles. The lowest BCUT2D eigenvalue weighted by molar-refractivity contribution is -0.152. The summed E-state index contributed by atoms with van der Waals surface area (Å²) in [6.45, 7) is 10.6. The van der Waals surface area contributed by atoms with Gasteiger partial charge in [-0.2, -0.15) is 0 Å². The summed E-state index contributed by atoms with van der Waals surface area (Å²) in [5.74, 6) is -0.159. The Labute approximate surface area is 108 Å². The minimum absolute atomic E-state index is 0.200. The lowest BCUT2D eigenvalue weighted by Gasteiger charge is -2.42. The van der Waals surface area contributed by atoms with Crippen LogP contribution in [0, 0.1) is 11.3 Å². The second-order valence-electron chi connectivity index (χ2n) is 5.83. The van der Waals surface area contributed by atoms with Gasteiger partial charge >= 0.3 is 0 Å². The van der Waals surface area contributed by atoms with Crippen LogP contribution in [0.15, 0.2) is 12.7 Å². The van der Waals surface area contributed by atoms with Crippen LogP contribution in [-0.4, -0.2) is 47.6 Å². The molecule has 2 N–H and O–H groups in total. The van der Waals surface area contributed by atoms with Crippen molar-refractivity contribution in [3.63, 3.8) is 0 Å². The standard InChI is InChI=1S/C13H22N2O3/c1-5-10(16)14-6-9-7-15(8-9)12(18)11(17)13(2,3)4/h5,9,11,17H,1,6-8H2,2-4H3,(H,14,16)/t11-/m1/s1. The number of amides is 2. The zero-order valence-electron chi connectivity index (χ0n) is 11.3. The van der Waals surface area contributed by atoms with Gasteiger partial charge in [-0.15, -0.1) is 0 Å². The van der Waals surface area contributed by atoms with Gasteiger partial charge in [0.15, 0.2) is 0 Å². The average molecular weight is 254 g/mol. The molecule has 1 saturated heterocycles. The zero-order chi connectivity index (χ0) is 13.9. The molecule has 5 heteroatoms. The van der Waals surface area contributed by atoms with Crippen LogP contribution in [0.4, 0.5) is 0 Å². The molecule has 1 fully saturated rings. The van der Waals surface area contributed by atoms with Gasteiger partial charge in [-0.3, -0.25) is 9.59 Å². The topological polar surface area (TPSA) is 69.6 Å². The van der Waals surface area contributed by atoms with Gasteiger partial charge in [0, 0.05) is 25.6 Å². The molecule has 0 saturated carbocycles. The zero-order valence-corrected chi connectivity index (χ0v) is 11.3. The summed E-state index contributed by atoms with van der Waals surface area (Å²) in [5.41, 5.74) is -0.445. The van der Waals surface area contributed by atoms with Crippen molar-refractivity contribution in [1.82, 2.24) is 10.2 Å². The van der Waals surface area contributed by atoms with Crippen molar-refractivity contribution in [2.75, 3.05) is 19.6 Å². The normalized spacial score (nSPS) is 17.9. The number of rotatable bonds is 4. The first-order valence-electron chi connectivity index (χ1n) is 6.13. The fraction of sp³-hybridized carbons (Fsp3) is 0.692. The van der Waals surface area contributed by atoms with E-state index in [2.05, 4.69) is 11.9 Å². The number of hydrogen-bond acceptors (Lipinski definition) is 3. The van der Waals surface area contributed by atoms with Gasteiger partial charge in [0.05, 0.1) is 0 Å². The summed E-state index contributed by atoms with van der Waals surface area (Å²) in [7, 11) is 0. The molecule has 2 amide bonds. The third kappa shape index (κ3) is 3.57. The molecule has 0 radical (unpaired) electrons. The lowest BCUT2D eigenvalue weighted by atomic mass is 9.87. The predicted molar refractivity (Wildman–Crippen MR) is 68.7 cm³/mol. The first-order chi connectivity index (χ1) is 8.25. The SMILES string of the molecule is C=CC(=O)NCC1CN(C(=O)[C@@H](O)C(C)(C)C)C1. The summed E-state index contributed by atoms with van der Waals surface area (Å²) in [5, 5.41) is 12.6. The van der Waals surface area contributed by atoms with Crippen LogP contribution in [0.2, 0.25) is 0 Å². The number of aliphatic hydroxyl groups is 1. The highest BCUT2D eigenvalue weighted by Crippen LogP contribution is 2.24. The summed E-state index contributed by atoms with van der Waals surface area (Å²) in [6, 6.07) is 0. The number of likely N-dealkylation sites (tertiary alicyclic amines) is 1. The molecule has 1 aliphatic heterocycles. The van der Waals surface area contributed by atoms with E-state index in [1.165, 1.54) is 6.08 Å². The van der Waals surface area contributed by atoms with Gasteiger partial charge < -0.3 is 15.3 Å². The maximum absolute atomic E-state index is 11.9. The Hall–Kier alpha value is -1.36. The van der Waals surface area contributed by atoms with Gasteiger partial charge in [0.25, 0.3) is 5.91 Å².